The number of carboxylic acids is 1. The van der Waals surface area contributed by atoms with Gasteiger partial charge < -0.3 is 5.11 Å². The second kappa shape index (κ2) is 5.98. The van der Waals surface area contributed by atoms with Gasteiger partial charge >= 0.3 is 5.97 Å². The van der Waals surface area contributed by atoms with Crippen molar-refractivity contribution in [2.75, 3.05) is 0 Å². The normalized spacial score (nSPS) is 14.5. The Morgan fingerprint density at radius 3 is 3.00 bits per heavy atom. The maximum atomic E-state index is 11.0. The number of carboxylic acid groups (broad SMARTS) is 1. The molecule has 0 fully saturated rings. The summed E-state index contributed by atoms with van der Waals surface area (Å²) in [4.78, 5) is 11.0. The first kappa shape index (κ1) is 12.3. The van der Waals surface area contributed by atoms with Crippen LogP contribution in [0.25, 0.3) is 0 Å². The van der Waals surface area contributed by atoms with Crippen molar-refractivity contribution in [2.24, 2.45) is 5.92 Å². The zero-order valence-corrected chi connectivity index (χ0v) is 10.2. The third-order valence-electron chi connectivity index (χ3n) is 2.10. The number of thiophene rings is 1. The molecular formula is C11H14O2S2. The van der Waals surface area contributed by atoms with E-state index in [2.05, 4.69) is 6.58 Å². The van der Waals surface area contributed by atoms with Gasteiger partial charge in [0.1, 0.15) is 0 Å². The number of hydrogen-bond donors (Lipinski definition) is 1. The SMILES string of the molecule is C=CC[C@@H](C(=O)O)C(C)Sc1cccs1. The van der Waals surface area contributed by atoms with Gasteiger partial charge in [0.05, 0.1) is 10.1 Å². The third kappa shape index (κ3) is 3.72. The third-order valence-corrected chi connectivity index (χ3v) is 4.41. The quantitative estimate of drug-likeness (QED) is 0.612. The van der Waals surface area contributed by atoms with Crippen molar-refractivity contribution in [2.45, 2.75) is 22.8 Å². The number of allylic oxidation sites excluding steroid dienone is 1. The van der Waals surface area contributed by atoms with Crippen molar-refractivity contribution in [3.8, 4) is 0 Å². The van der Waals surface area contributed by atoms with Gasteiger partial charge in [-0.25, -0.2) is 0 Å². The van der Waals surface area contributed by atoms with Gasteiger partial charge in [-0.15, -0.1) is 29.7 Å². The van der Waals surface area contributed by atoms with E-state index in [1.54, 1.807) is 29.2 Å². The topological polar surface area (TPSA) is 37.3 Å². The van der Waals surface area contributed by atoms with Crippen LogP contribution in [0.5, 0.6) is 0 Å². The van der Waals surface area contributed by atoms with Crippen molar-refractivity contribution in [1.82, 2.24) is 0 Å². The fourth-order valence-corrected chi connectivity index (χ4v) is 3.48. The van der Waals surface area contributed by atoms with E-state index < -0.39 is 5.97 Å². The smallest absolute Gasteiger partial charge is 0.307 e. The maximum Gasteiger partial charge on any atom is 0.307 e. The van der Waals surface area contributed by atoms with Gasteiger partial charge in [-0.3, -0.25) is 4.79 Å². The maximum absolute atomic E-state index is 11.0. The van der Waals surface area contributed by atoms with Crippen LogP contribution in [-0.2, 0) is 4.79 Å². The van der Waals surface area contributed by atoms with Crippen LogP contribution in [0.4, 0.5) is 0 Å². The summed E-state index contributed by atoms with van der Waals surface area (Å²) >= 11 is 3.26. The zero-order valence-electron chi connectivity index (χ0n) is 8.55. The molecule has 82 valence electrons. The van der Waals surface area contributed by atoms with Crippen LogP contribution in [0, 0.1) is 5.92 Å². The Morgan fingerprint density at radius 1 is 1.80 bits per heavy atom. The average Bonchev–Trinajstić information content (AvgIpc) is 2.65. The van der Waals surface area contributed by atoms with Crippen LogP contribution in [-0.4, -0.2) is 16.3 Å². The lowest BCUT2D eigenvalue weighted by atomic mass is 10.0. The monoisotopic (exact) mass is 242 g/mol. The first-order valence-electron chi connectivity index (χ1n) is 4.69. The molecule has 0 amide bonds. The van der Waals surface area contributed by atoms with E-state index in [1.807, 2.05) is 24.4 Å². The van der Waals surface area contributed by atoms with Crippen LogP contribution in [0.3, 0.4) is 0 Å². The molecule has 0 spiro atoms. The summed E-state index contributed by atoms with van der Waals surface area (Å²) in [5, 5.41) is 11.1. The Kier molecular flexibility index (Phi) is 4.91. The molecule has 2 atom stereocenters. The largest absolute Gasteiger partial charge is 0.481 e. The van der Waals surface area contributed by atoms with Crippen molar-refractivity contribution >= 4 is 29.1 Å². The number of hydrogen-bond acceptors (Lipinski definition) is 3. The molecule has 0 bridgehead atoms. The Hall–Kier alpha value is -0.740. The molecule has 4 heteroatoms. The second-order valence-electron chi connectivity index (χ2n) is 3.22. The van der Waals surface area contributed by atoms with Crippen LogP contribution < -0.4 is 0 Å². The van der Waals surface area contributed by atoms with Crippen LogP contribution in [0.15, 0.2) is 34.4 Å². The van der Waals surface area contributed by atoms with Gasteiger partial charge in [-0.05, 0) is 17.9 Å². The van der Waals surface area contributed by atoms with E-state index in [0.29, 0.717) is 6.42 Å². The highest BCUT2D eigenvalue weighted by molar-refractivity contribution is 8.01. The second-order valence-corrected chi connectivity index (χ2v) is 5.85. The summed E-state index contributed by atoms with van der Waals surface area (Å²) in [5.41, 5.74) is 0. The highest BCUT2D eigenvalue weighted by Crippen LogP contribution is 2.32. The highest BCUT2D eigenvalue weighted by Gasteiger charge is 2.24. The number of thioether (sulfide) groups is 1. The van der Waals surface area contributed by atoms with Crippen LogP contribution >= 0.6 is 23.1 Å². The minimum atomic E-state index is -0.744. The summed E-state index contributed by atoms with van der Waals surface area (Å²) in [6.45, 7) is 5.54. The molecule has 0 saturated carbocycles. The standard InChI is InChI=1S/C11H14O2S2/c1-3-5-9(11(12)13)8(2)15-10-6-4-7-14-10/h3-4,6-9H,1,5H2,2H3,(H,12,13)/t8?,9-/m1/s1. The lowest BCUT2D eigenvalue weighted by molar-refractivity contribution is -0.141. The molecule has 1 heterocycles. The molecule has 2 nitrogen and oxygen atoms in total. The minimum absolute atomic E-state index is 0.0687. The number of rotatable bonds is 6. The summed E-state index contributed by atoms with van der Waals surface area (Å²) in [7, 11) is 0. The molecule has 0 aliphatic heterocycles. The van der Waals surface area contributed by atoms with E-state index in [1.165, 1.54) is 0 Å². The minimum Gasteiger partial charge on any atom is -0.481 e. The molecule has 1 unspecified atom stereocenters. The predicted molar refractivity (Wildman–Crippen MR) is 65.6 cm³/mol. The fraction of sp³-hybridized carbons (Fsp3) is 0.364. The molecular weight excluding hydrogens is 228 g/mol. The first-order chi connectivity index (χ1) is 7.15. The van der Waals surface area contributed by atoms with E-state index in [-0.39, 0.29) is 11.2 Å². The molecule has 15 heavy (non-hydrogen) atoms. The first-order valence-corrected chi connectivity index (χ1v) is 6.45. The van der Waals surface area contributed by atoms with Crippen LogP contribution in [0.2, 0.25) is 0 Å². The lowest BCUT2D eigenvalue weighted by Crippen LogP contribution is -2.22. The Labute approximate surface area is 98.0 Å². The van der Waals surface area contributed by atoms with E-state index in [9.17, 15) is 4.79 Å². The van der Waals surface area contributed by atoms with E-state index in [4.69, 9.17) is 5.11 Å². The number of aliphatic carboxylic acids is 1. The van der Waals surface area contributed by atoms with Crippen LogP contribution in [0.1, 0.15) is 13.3 Å². The lowest BCUT2D eigenvalue weighted by Gasteiger charge is -2.17. The Morgan fingerprint density at radius 2 is 2.53 bits per heavy atom. The molecule has 0 aromatic carbocycles. The molecule has 0 saturated heterocycles. The van der Waals surface area contributed by atoms with Crippen molar-refractivity contribution in [3.05, 3.63) is 30.2 Å². The molecule has 0 radical (unpaired) electrons. The zero-order chi connectivity index (χ0) is 11.3. The number of carbonyl (C=O) groups is 1. The van der Waals surface area contributed by atoms with Gasteiger partial charge in [-0.2, -0.15) is 0 Å². The predicted octanol–water partition coefficient (Wildman–Crippen LogP) is 3.51. The van der Waals surface area contributed by atoms with Gasteiger partial charge in [-0.1, -0.05) is 19.1 Å². The van der Waals surface area contributed by atoms with Crippen molar-refractivity contribution < 1.29 is 9.90 Å². The molecule has 1 N–H and O–H groups in total. The Bertz CT molecular complexity index is 319. The van der Waals surface area contributed by atoms with Gasteiger partial charge in [0.2, 0.25) is 0 Å². The fourth-order valence-electron chi connectivity index (χ4n) is 1.27. The Balaban J connectivity index is 2.60. The molecule has 1 aromatic rings. The molecule has 0 aliphatic carbocycles. The van der Waals surface area contributed by atoms with Crippen molar-refractivity contribution in [1.29, 1.82) is 0 Å². The van der Waals surface area contributed by atoms with E-state index >= 15 is 0 Å². The summed E-state index contributed by atoms with van der Waals surface area (Å²) in [5.74, 6) is -1.10. The summed E-state index contributed by atoms with van der Waals surface area (Å²) < 4.78 is 1.16. The van der Waals surface area contributed by atoms with Gasteiger partial charge in [0, 0.05) is 5.25 Å². The summed E-state index contributed by atoms with van der Waals surface area (Å²) in [6.07, 6.45) is 2.19. The van der Waals surface area contributed by atoms with Crippen molar-refractivity contribution in [3.63, 3.8) is 0 Å². The highest BCUT2D eigenvalue weighted by atomic mass is 32.2. The average molecular weight is 242 g/mol. The van der Waals surface area contributed by atoms with E-state index in [0.717, 1.165) is 4.21 Å². The molecule has 0 aliphatic rings. The van der Waals surface area contributed by atoms with Gasteiger partial charge in [0.25, 0.3) is 0 Å². The van der Waals surface area contributed by atoms with Gasteiger partial charge in [0.15, 0.2) is 0 Å². The summed E-state index contributed by atoms with van der Waals surface area (Å²) in [6, 6.07) is 3.99. The molecule has 1 aromatic heterocycles. The molecule has 1 rings (SSSR count).